The Morgan fingerprint density at radius 1 is 0.923 bits per heavy atom. The molecular formula is C12H14O. The molecule has 0 aliphatic heterocycles. The minimum absolute atomic E-state index is 0.284. The third-order valence-electron chi connectivity index (χ3n) is 1.76. The molecule has 13 heavy (non-hydrogen) atoms. The van der Waals surface area contributed by atoms with Gasteiger partial charge in [0.25, 0.3) is 0 Å². The van der Waals surface area contributed by atoms with E-state index in [4.69, 9.17) is 0 Å². The van der Waals surface area contributed by atoms with E-state index < -0.39 is 0 Å². The number of benzene rings is 1. The molecule has 0 fully saturated rings. The van der Waals surface area contributed by atoms with Crippen molar-refractivity contribution < 1.29 is 4.79 Å². The smallest absolute Gasteiger partial charge is 0.155 e. The molecule has 0 amide bonds. The summed E-state index contributed by atoms with van der Waals surface area (Å²) >= 11 is 0. The SMILES string of the molecule is O=C1C=CCCC1.c1ccccc1. The predicted octanol–water partition coefficient (Wildman–Crippen LogP) is 2.98. The lowest BCUT2D eigenvalue weighted by Gasteiger charge is -1.97. The Bertz CT molecular complexity index is 235. The lowest BCUT2D eigenvalue weighted by Crippen LogP contribution is -1.95. The number of hydrogen-bond donors (Lipinski definition) is 0. The molecule has 0 saturated heterocycles. The summed E-state index contributed by atoms with van der Waals surface area (Å²) in [5, 5.41) is 0. The highest BCUT2D eigenvalue weighted by Crippen LogP contribution is 2.04. The summed E-state index contributed by atoms with van der Waals surface area (Å²) in [6.07, 6.45) is 6.51. The molecule has 0 radical (unpaired) electrons. The minimum Gasteiger partial charge on any atom is -0.295 e. The van der Waals surface area contributed by atoms with Crippen LogP contribution < -0.4 is 0 Å². The molecule has 1 nitrogen and oxygen atoms in total. The van der Waals surface area contributed by atoms with Crippen LogP contribution in [0, 0.1) is 0 Å². The fourth-order valence-corrected chi connectivity index (χ4v) is 1.08. The molecule has 1 aromatic carbocycles. The Labute approximate surface area is 79.1 Å². The first-order valence-corrected chi connectivity index (χ1v) is 4.59. The fraction of sp³-hybridized carbons (Fsp3) is 0.250. The molecule has 68 valence electrons. The van der Waals surface area contributed by atoms with Gasteiger partial charge in [-0.1, -0.05) is 42.5 Å². The highest BCUT2D eigenvalue weighted by atomic mass is 16.1. The second-order valence-corrected chi connectivity index (χ2v) is 2.92. The first-order valence-electron chi connectivity index (χ1n) is 4.59. The van der Waals surface area contributed by atoms with Gasteiger partial charge in [0, 0.05) is 6.42 Å². The van der Waals surface area contributed by atoms with E-state index in [2.05, 4.69) is 0 Å². The van der Waals surface area contributed by atoms with E-state index in [1.165, 1.54) is 0 Å². The molecule has 0 unspecified atom stereocenters. The van der Waals surface area contributed by atoms with Gasteiger partial charge >= 0.3 is 0 Å². The third kappa shape index (κ3) is 4.96. The Hall–Kier alpha value is -1.37. The maximum Gasteiger partial charge on any atom is 0.155 e. The molecule has 1 aliphatic rings. The zero-order chi connectivity index (χ0) is 9.36. The molecule has 0 bridgehead atoms. The van der Waals surface area contributed by atoms with Gasteiger partial charge in [0.2, 0.25) is 0 Å². The molecule has 0 heterocycles. The van der Waals surface area contributed by atoms with Crippen molar-refractivity contribution in [2.75, 3.05) is 0 Å². The van der Waals surface area contributed by atoms with Crippen molar-refractivity contribution >= 4 is 5.78 Å². The predicted molar refractivity (Wildman–Crippen MR) is 54.4 cm³/mol. The van der Waals surface area contributed by atoms with Crippen molar-refractivity contribution in [2.45, 2.75) is 19.3 Å². The normalized spacial score (nSPS) is 14.6. The quantitative estimate of drug-likeness (QED) is 0.591. The molecule has 0 saturated carbocycles. The Balaban J connectivity index is 0.000000132. The van der Waals surface area contributed by atoms with E-state index >= 15 is 0 Å². The average Bonchev–Trinajstić information content (AvgIpc) is 2.22. The number of rotatable bonds is 0. The summed E-state index contributed by atoms with van der Waals surface area (Å²) in [4.78, 5) is 10.4. The first-order chi connectivity index (χ1) is 6.39. The van der Waals surface area contributed by atoms with Crippen LogP contribution in [-0.2, 0) is 4.79 Å². The van der Waals surface area contributed by atoms with Crippen LogP contribution in [0.1, 0.15) is 19.3 Å². The summed E-state index contributed by atoms with van der Waals surface area (Å²) in [5.41, 5.74) is 0. The van der Waals surface area contributed by atoms with E-state index in [1.54, 1.807) is 6.08 Å². The summed E-state index contributed by atoms with van der Waals surface area (Å²) in [7, 11) is 0. The lowest BCUT2D eigenvalue weighted by atomic mass is 10.1. The Morgan fingerprint density at radius 2 is 1.46 bits per heavy atom. The molecule has 1 aliphatic carbocycles. The van der Waals surface area contributed by atoms with Crippen LogP contribution in [0.3, 0.4) is 0 Å². The first kappa shape index (κ1) is 9.72. The summed E-state index contributed by atoms with van der Waals surface area (Å²) in [5.74, 6) is 0.284. The van der Waals surface area contributed by atoms with Crippen LogP contribution in [0.5, 0.6) is 0 Å². The molecule has 0 aromatic heterocycles. The van der Waals surface area contributed by atoms with Crippen molar-refractivity contribution in [3.63, 3.8) is 0 Å². The summed E-state index contributed by atoms with van der Waals surface area (Å²) in [6.45, 7) is 0. The van der Waals surface area contributed by atoms with Gasteiger partial charge in [0.05, 0.1) is 0 Å². The number of allylic oxidation sites excluding steroid dienone is 2. The van der Waals surface area contributed by atoms with Crippen molar-refractivity contribution in [1.82, 2.24) is 0 Å². The maximum atomic E-state index is 10.4. The number of carbonyl (C=O) groups is 1. The van der Waals surface area contributed by atoms with Crippen LogP contribution >= 0.6 is 0 Å². The highest BCUT2D eigenvalue weighted by molar-refractivity contribution is 5.90. The van der Waals surface area contributed by atoms with Crippen LogP contribution in [-0.4, -0.2) is 5.78 Å². The highest BCUT2D eigenvalue weighted by Gasteiger charge is 1.98. The van der Waals surface area contributed by atoms with Crippen LogP contribution in [0.4, 0.5) is 0 Å². The van der Waals surface area contributed by atoms with E-state index in [0.717, 1.165) is 19.3 Å². The van der Waals surface area contributed by atoms with Crippen LogP contribution in [0.2, 0.25) is 0 Å². The van der Waals surface area contributed by atoms with Crippen LogP contribution in [0.15, 0.2) is 48.6 Å². The zero-order valence-electron chi connectivity index (χ0n) is 7.65. The molecule has 0 N–H and O–H groups in total. The zero-order valence-corrected chi connectivity index (χ0v) is 7.65. The van der Waals surface area contributed by atoms with E-state index in [-0.39, 0.29) is 5.78 Å². The van der Waals surface area contributed by atoms with E-state index in [0.29, 0.717) is 0 Å². The van der Waals surface area contributed by atoms with Crippen molar-refractivity contribution in [3.05, 3.63) is 48.6 Å². The Morgan fingerprint density at radius 3 is 1.69 bits per heavy atom. The second kappa shape index (κ2) is 6.18. The molecule has 1 aromatic rings. The van der Waals surface area contributed by atoms with Crippen molar-refractivity contribution in [2.24, 2.45) is 0 Å². The largest absolute Gasteiger partial charge is 0.295 e. The standard InChI is InChI=1S/C6H8O.C6H6/c7-6-4-2-1-3-5-6;1-2-4-6-5-3-1/h2,4H,1,3,5H2;1-6H. The van der Waals surface area contributed by atoms with E-state index in [1.807, 2.05) is 42.5 Å². The van der Waals surface area contributed by atoms with Gasteiger partial charge in [-0.2, -0.15) is 0 Å². The maximum absolute atomic E-state index is 10.4. The van der Waals surface area contributed by atoms with Gasteiger partial charge in [0.1, 0.15) is 0 Å². The van der Waals surface area contributed by atoms with Gasteiger partial charge < -0.3 is 0 Å². The monoisotopic (exact) mass is 174 g/mol. The van der Waals surface area contributed by atoms with Crippen molar-refractivity contribution in [1.29, 1.82) is 0 Å². The molecule has 0 atom stereocenters. The fourth-order valence-electron chi connectivity index (χ4n) is 1.08. The molecular weight excluding hydrogens is 160 g/mol. The number of carbonyl (C=O) groups excluding carboxylic acids is 1. The van der Waals surface area contributed by atoms with Gasteiger partial charge in [-0.15, -0.1) is 0 Å². The number of ketones is 1. The minimum atomic E-state index is 0.284. The molecule has 2 rings (SSSR count). The van der Waals surface area contributed by atoms with Gasteiger partial charge in [-0.05, 0) is 18.9 Å². The molecule has 1 heteroatoms. The summed E-state index contributed by atoms with van der Waals surface area (Å²) < 4.78 is 0. The van der Waals surface area contributed by atoms with Gasteiger partial charge in [-0.25, -0.2) is 0 Å². The topological polar surface area (TPSA) is 17.1 Å². The third-order valence-corrected chi connectivity index (χ3v) is 1.76. The van der Waals surface area contributed by atoms with E-state index in [9.17, 15) is 4.79 Å². The van der Waals surface area contributed by atoms with Crippen LogP contribution in [0.25, 0.3) is 0 Å². The average molecular weight is 174 g/mol. The Kier molecular flexibility index (Phi) is 4.62. The van der Waals surface area contributed by atoms with Gasteiger partial charge in [0.15, 0.2) is 5.78 Å². The number of hydrogen-bond acceptors (Lipinski definition) is 1. The molecule has 0 spiro atoms. The lowest BCUT2D eigenvalue weighted by molar-refractivity contribution is -0.114. The van der Waals surface area contributed by atoms with Gasteiger partial charge in [-0.3, -0.25) is 4.79 Å². The second-order valence-electron chi connectivity index (χ2n) is 2.92. The summed E-state index contributed by atoms with van der Waals surface area (Å²) in [6, 6.07) is 12.0. The van der Waals surface area contributed by atoms with Crippen molar-refractivity contribution in [3.8, 4) is 0 Å².